The van der Waals surface area contributed by atoms with Crippen molar-refractivity contribution >= 4 is 29.1 Å². The van der Waals surface area contributed by atoms with E-state index in [9.17, 15) is 9.59 Å². The summed E-state index contributed by atoms with van der Waals surface area (Å²) in [4.78, 5) is 22.6. The average molecular weight is 268 g/mol. The maximum absolute atomic E-state index is 11.5. The largest absolute Gasteiger partial charge is 0.366 e. The van der Waals surface area contributed by atoms with Crippen LogP contribution in [-0.4, -0.2) is 24.9 Å². The molecule has 0 saturated heterocycles. The highest BCUT2D eigenvalue weighted by Crippen LogP contribution is 2.19. The Kier molecular flexibility index (Phi) is 5.35. The molecule has 0 unspecified atom stereocenters. The second-order valence-corrected chi connectivity index (χ2v) is 3.93. The third kappa shape index (κ3) is 4.20. The topological polar surface area (TPSA) is 84.2 Å². The minimum atomic E-state index is -0.638. The number of amides is 2. The van der Waals surface area contributed by atoms with Gasteiger partial charge in [-0.15, -0.1) is 6.58 Å². The third-order valence-corrected chi connectivity index (χ3v) is 2.42. The summed E-state index contributed by atoms with van der Waals surface area (Å²) in [6.07, 6.45) is 1.65. The molecule has 18 heavy (non-hydrogen) atoms. The minimum absolute atomic E-state index is 0.153. The molecule has 0 radical (unpaired) electrons. The molecule has 0 fully saturated rings. The van der Waals surface area contributed by atoms with Gasteiger partial charge in [-0.3, -0.25) is 9.59 Å². The highest BCUT2D eigenvalue weighted by molar-refractivity contribution is 6.33. The molecule has 0 aliphatic carbocycles. The van der Waals surface area contributed by atoms with Gasteiger partial charge in [0, 0.05) is 12.2 Å². The van der Waals surface area contributed by atoms with Crippen LogP contribution in [0, 0.1) is 0 Å². The van der Waals surface area contributed by atoms with E-state index in [2.05, 4.69) is 17.2 Å². The van der Waals surface area contributed by atoms with Gasteiger partial charge in [0.25, 0.3) is 0 Å². The minimum Gasteiger partial charge on any atom is -0.366 e. The molecule has 1 aromatic carbocycles. The van der Waals surface area contributed by atoms with Crippen LogP contribution in [-0.2, 0) is 4.79 Å². The van der Waals surface area contributed by atoms with Gasteiger partial charge in [0.2, 0.25) is 11.8 Å². The Labute approximate surface area is 110 Å². The molecular weight excluding hydrogens is 254 g/mol. The predicted octanol–water partition coefficient (Wildman–Crippen LogP) is 1.15. The number of carbonyl (C=O) groups excluding carboxylic acids is 2. The van der Waals surface area contributed by atoms with Crippen molar-refractivity contribution in [1.82, 2.24) is 5.32 Å². The van der Waals surface area contributed by atoms with Crippen LogP contribution in [0.5, 0.6) is 0 Å². The fourth-order valence-corrected chi connectivity index (χ4v) is 1.50. The molecule has 0 aromatic heterocycles. The fraction of sp³-hybridized carbons (Fsp3) is 0.167. The Morgan fingerprint density at radius 2 is 2.17 bits per heavy atom. The summed E-state index contributed by atoms with van der Waals surface area (Å²) >= 11 is 5.79. The summed E-state index contributed by atoms with van der Waals surface area (Å²) in [5.41, 5.74) is 5.80. The number of nitrogens with one attached hydrogen (secondary N) is 2. The van der Waals surface area contributed by atoms with Crippen molar-refractivity contribution in [1.29, 1.82) is 0 Å². The Hall–Kier alpha value is -1.85. The molecule has 96 valence electrons. The van der Waals surface area contributed by atoms with Gasteiger partial charge in [-0.1, -0.05) is 17.7 Å². The molecule has 6 heteroatoms. The monoisotopic (exact) mass is 267 g/mol. The first kappa shape index (κ1) is 14.2. The molecule has 0 aliphatic heterocycles. The first-order valence-electron chi connectivity index (χ1n) is 5.25. The Bertz CT molecular complexity index is 474. The van der Waals surface area contributed by atoms with Gasteiger partial charge in [0.15, 0.2) is 0 Å². The van der Waals surface area contributed by atoms with Crippen LogP contribution >= 0.6 is 11.6 Å². The number of anilines is 1. The molecule has 0 saturated carbocycles. The summed E-state index contributed by atoms with van der Waals surface area (Å²) in [5, 5.41) is 5.73. The lowest BCUT2D eigenvalue weighted by atomic mass is 10.2. The van der Waals surface area contributed by atoms with Crippen molar-refractivity contribution in [2.75, 3.05) is 18.4 Å². The highest BCUT2D eigenvalue weighted by Gasteiger charge is 2.09. The Morgan fingerprint density at radius 3 is 2.78 bits per heavy atom. The van der Waals surface area contributed by atoms with Gasteiger partial charge in [-0.05, 0) is 18.2 Å². The van der Waals surface area contributed by atoms with Gasteiger partial charge >= 0.3 is 0 Å². The fourth-order valence-electron chi connectivity index (χ4n) is 1.28. The number of hydrogen-bond acceptors (Lipinski definition) is 3. The van der Waals surface area contributed by atoms with Crippen molar-refractivity contribution < 1.29 is 9.59 Å². The van der Waals surface area contributed by atoms with Gasteiger partial charge in [-0.25, -0.2) is 0 Å². The van der Waals surface area contributed by atoms with Gasteiger partial charge in [0.1, 0.15) is 0 Å². The number of hydrogen-bond donors (Lipinski definition) is 3. The maximum Gasteiger partial charge on any atom is 0.250 e. The van der Waals surface area contributed by atoms with E-state index in [0.29, 0.717) is 12.2 Å². The zero-order valence-electron chi connectivity index (χ0n) is 9.70. The van der Waals surface area contributed by atoms with Crippen molar-refractivity contribution in [3.05, 3.63) is 41.4 Å². The van der Waals surface area contributed by atoms with Crippen LogP contribution in [0.2, 0.25) is 5.02 Å². The summed E-state index contributed by atoms with van der Waals surface area (Å²) < 4.78 is 0. The van der Waals surface area contributed by atoms with E-state index in [-0.39, 0.29) is 23.0 Å². The first-order valence-corrected chi connectivity index (χ1v) is 5.63. The lowest BCUT2D eigenvalue weighted by Gasteiger charge is -2.07. The molecule has 5 nitrogen and oxygen atoms in total. The number of benzene rings is 1. The summed E-state index contributed by atoms with van der Waals surface area (Å²) in [6, 6.07) is 4.55. The SMILES string of the molecule is C=CCNCC(=O)Nc1ccc(Cl)c(C(N)=O)c1. The lowest BCUT2D eigenvalue weighted by molar-refractivity contribution is -0.115. The maximum atomic E-state index is 11.5. The summed E-state index contributed by atoms with van der Waals surface area (Å²) in [5.74, 6) is -0.865. The van der Waals surface area contributed by atoms with E-state index in [1.807, 2.05) is 0 Å². The molecule has 0 atom stereocenters. The second-order valence-electron chi connectivity index (χ2n) is 3.53. The normalized spacial score (nSPS) is 9.83. The Morgan fingerprint density at radius 1 is 1.44 bits per heavy atom. The van der Waals surface area contributed by atoms with Crippen LogP contribution in [0.25, 0.3) is 0 Å². The Balaban J connectivity index is 2.67. The van der Waals surface area contributed by atoms with Crippen molar-refractivity contribution in [3.63, 3.8) is 0 Å². The van der Waals surface area contributed by atoms with Gasteiger partial charge in [-0.2, -0.15) is 0 Å². The van der Waals surface area contributed by atoms with Gasteiger partial charge < -0.3 is 16.4 Å². The smallest absolute Gasteiger partial charge is 0.250 e. The second kappa shape index (κ2) is 6.78. The van der Waals surface area contributed by atoms with E-state index >= 15 is 0 Å². The van der Waals surface area contributed by atoms with Crippen molar-refractivity contribution in [3.8, 4) is 0 Å². The number of carbonyl (C=O) groups is 2. The van der Waals surface area contributed by atoms with Crippen molar-refractivity contribution in [2.24, 2.45) is 5.73 Å². The van der Waals surface area contributed by atoms with E-state index in [0.717, 1.165) is 0 Å². The molecular formula is C12H14ClN3O2. The summed E-state index contributed by atoms with van der Waals surface area (Å²) in [7, 11) is 0. The van der Waals surface area contributed by atoms with E-state index in [4.69, 9.17) is 17.3 Å². The molecule has 0 heterocycles. The van der Waals surface area contributed by atoms with Crippen LogP contribution in [0.3, 0.4) is 0 Å². The molecule has 2 amide bonds. The van der Waals surface area contributed by atoms with E-state index in [1.165, 1.54) is 12.1 Å². The third-order valence-electron chi connectivity index (χ3n) is 2.09. The van der Waals surface area contributed by atoms with Crippen LogP contribution in [0.15, 0.2) is 30.9 Å². The number of primary amides is 1. The first-order chi connectivity index (χ1) is 8.54. The molecule has 4 N–H and O–H groups in total. The number of nitrogens with two attached hydrogens (primary N) is 1. The molecule has 0 bridgehead atoms. The van der Waals surface area contributed by atoms with Gasteiger partial charge in [0.05, 0.1) is 17.1 Å². The number of rotatable bonds is 6. The summed E-state index contributed by atoms with van der Waals surface area (Å²) in [6.45, 7) is 4.22. The standard InChI is InChI=1S/C12H14ClN3O2/c1-2-5-15-7-11(17)16-8-3-4-10(13)9(6-8)12(14)18/h2-4,6,15H,1,5,7H2,(H2,14,18)(H,16,17). The van der Waals surface area contributed by atoms with E-state index < -0.39 is 5.91 Å². The lowest BCUT2D eigenvalue weighted by Crippen LogP contribution is -2.28. The molecule has 0 spiro atoms. The van der Waals surface area contributed by atoms with Crippen LogP contribution < -0.4 is 16.4 Å². The molecule has 1 aromatic rings. The molecule has 0 aliphatic rings. The average Bonchev–Trinajstić information content (AvgIpc) is 2.31. The quantitative estimate of drug-likeness (QED) is 0.534. The van der Waals surface area contributed by atoms with Crippen LogP contribution in [0.1, 0.15) is 10.4 Å². The van der Waals surface area contributed by atoms with Crippen LogP contribution in [0.4, 0.5) is 5.69 Å². The van der Waals surface area contributed by atoms with Crippen molar-refractivity contribution in [2.45, 2.75) is 0 Å². The zero-order chi connectivity index (χ0) is 13.5. The highest BCUT2D eigenvalue weighted by atomic mass is 35.5. The predicted molar refractivity (Wildman–Crippen MR) is 71.7 cm³/mol. The number of halogens is 1. The zero-order valence-corrected chi connectivity index (χ0v) is 10.5. The van der Waals surface area contributed by atoms with E-state index in [1.54, 1.807) is 12.1 Å². The molecule has 1 rings (SSSR count).